The average molecular weight is 230 g/mol. The van der Waals surface area contributed by atoms with Crippen molar-refractivity contribution in [3.8, 4) is 0 Å². The van der Waals surface area contributed by atoms with E-state index in [1.807, 2.05) is 6.92 Å². The van der Waals surface area contributed by atoms with Gasteiger partial charge in [0.05, 0.1) is 19.6 Å². The number of thiophene rings is 1. The van der Waals surface area contributed by atoms with E-state index in [-0.39, 0.29) is 6.42 Å². The van der Waals surface area contributed by atoms with Gasteiger partial charge in [-0.1, -0.05) is 0 Å². The van der Waals surface area contributed by atoms with E-state index in [9.17, 15) is 15.0 Å². The molecule has 1 aromatic heterocycles. The average Bonchev–Trinajstić information content (AvgIpc) is 2.63. The fourth-order valence-corrected chi connectivity index (χ4v) is 1.94. The SMILES string of the molecule is COC(=O)CC(O)C(O)c1csc(C)c1. The zero-order valence-corrected chi connectivity index (χ0v) is 9.45. The van der Waals surface area contributed by atoms with E-state index >= 15 is 0 Å². The highest BCUT2D eigenvalue weighted by Crippen LogP contribution is 2.24. The molecule has 2 unspecified atom stereocenters. The number of esters is 1. The van der Waals surface area contributed by atoms with Crippen LogP contribution in [0.15, 0.2) is 11.4 Å². The molecule has 0 spiro atoms. The van der Waals surface area contributed by atoms with Gasteiger partial charge >= 0.3 is 5.97 Å². The molecule has 15 heavy (non-hydrogen) atoms. The number of aryl methyl sites for hydroxylation is 1. The first-order chi connectivity index (χ1) is 7.04. The van der Waals surface area contributed by atoms with Crippen molar-refractivity contribution in [1.82, 2.24) is 0 Å². The molecule has 84 valence electrons. The van der Waals surface area contributed by atoms with Crippen molar-refractivity contribution >= 4 is 17.3 Å². The van der Waals surface area contributed by atoms with Gasteiger partial charge < -0.3 is 14.9 Å². The molecule has 0 radical (unpaired) electrons. The maximum absolute atomic E-state index is 10.9. The lowest BCUT2D eigenvalue weighted by Crippen LogP contribution is -2.22. The Morgan fingerprint density at radius 2 is 2.27 bits per heavy atom. The predicted molar refractivity (Wildman–Crippen MR) is 56.7 cm³/mol. The van der Waals surface area contributed by atoms with Crippen LogP contribution in [-0.2, 0) is 9.53 Å². The molecule has 0 bridgehead atoms. The first kappa shape index (κ1) is 12.2. The van der Waals surface area contributed by atoms with Crippen LogP contribution in [0.3, 0.4) is 0 Å². The van der Waals surface area contributed by atoms with Gasteiger partial charge in [-0.15, -0.1) is 11.3 Å². The maximum Gasteiger partial charge on any atom is 0.308 e. The van der Waals surface area contributed by atoms with Gasteiger partial charge in [-0.2, -0.15) is 0 Å². The Kier molecular flexibility index (Phi) is 4.26. The van der Waals surface area contributed by atoms with Crippen LogP contribution < -0.4 is 0 Å². The number of ether oxygens (including phenoxy) is 1. The van der Waals surface area contributed by atoms with Crippen molar-refractivity contribution in [2.45, 2.75) is 25.6 Å². The molecule has 0 aliphatic rings. The summed E-state index contributed by atoms with van der Waals surface area (Å²) in [5.74, 6) is -0.534. The number of carbonyl (C=O) groups is 1. The van der Waals surface area contributed by atoms with Crippen LogP contribution in [0.5, 0.6) is 0 Å². The number of hydrogen-bond donors (Lipinski definition) is 2. The molecule has 0 fully saturated rings. The zero-order chi connectivity index (χ0) is 11.4. The Balaban J connectivity index is 2.60. The molecule has 1 rings (SSSR count). The highest BCUT2D eigenvalue weighted by Gasteiger charge is 2.22. The molecule has 0 aromatic carbocycles. The number of methoxy groups -OCH3 is 1. The molecule has 0 saturated heterocycles. The smallest absolute Gasteiger partial charge is 0.308 e. The molecule has 1 heterocycles. The molecule has 2 atom stereocenters. The second-order valence-corrected chi connectivity index (χ2v) is 4.40. The third kappa shape index (κ3) is 3.30. The summed E-state index contributed by atoms with van der Waals surface area (Å²) >= 11 is 1.49. The fourth-order valence-electron chi connectivity index (χ4n) is 1.21. The summed E-state index contributed by atoms with van der Waals surface area (Å²) in [7, 11) is 1.25. The summed E-state index contributed by atoms with van der Waals surface area (Å²) < 4.78 is 4.40. The molecule has 5 heteroatoms. The number of carbonyl (C=O) groups excluding carboxylic acids is 1. The summed E-state index contributed by atoms with van der Waals surface area (Å²) in [4.78, 5) is 11.9. The van der Waals surface area contributed by atoms with E-state index in [2.05, 4.69) is 4.74 Å². The van der Waals surface area contributed by atoms with Crippen LogP contribution >= 0.6 is 11.3 Å². The minimum absolute atomic E-state index is 0.202. The Morgan fingerprint density at radius 1 is 1.60 bits per heavy atom. The van der Waals surface area contributed by atoms with Crippen LogP contribution in [0, 0.1) is 6.92 Å². The van der Waals surface area contributed by atoms with Crippen LogP contribution in [0.1, 0.15) is 23.0 Å². The first-order valence-electron chi connectivity index (χ1n) is 4.52. The van der Waals surface area contributed by atoms with Crippen molar-refractivity contribution in [3.63, 3.8) is 0 Å². The van der Waals surface area contributed by atoms with Gasteiger partial charge in [-0.25, -0.2) is 0 Å². The molecule has 0 amide bonds. The third-order valence-electron chi connectivity index (χ3n) is 2.06. The Hall–Kier alpha value is -0.910. The van der Waals surface area contributed by atoms with Gasteiger partial charge in [-0.05, 0) is 23.9 Å². The summed E-state index contributed by atoms with van der Waals surface area (Å²) in [5.41, 5.74) is 0.633. The Morgan fingerprint density at radius 3 is 2.73 bits per heavy atom. The van der Waals surface area contributed by atoms with Crippen LogP contribution in [0.25, 0.3) is 0 Å². The molecule has 0 aliphatic carbocycles. The first-order valence-corrected chi connectivity index (χ1v) is 5.40. The summed E-state index contributed by atoms with van der Waals surface area (Å²) in [6.07, 6.45) is -2.35. The molecule has 1 aromatic rings. The Labute approximate surface area is 92.1 Å². The number of aliphatic hydroxyl groups is 2. The number of rotatable bonds is 4. The lowest BCUT2D eigenvalue weighted by Gasteiger charge is -2.15. The fraction of sp³-hybridized carbons (Fsp3) is 0.500. The third-order valence-corrected chi connectivity index (χ3v) is 2.94. The summed E-state index contributed by atoms with van der Waals surface area (Å²) in [6, 6.07) is 1.79. The van der Waals surface area contributed by atoms with E-state index < -0.39 is 18.2 Å². The molecular weight excluding hydrogens is 216 g/mol. The minimum atomic E-state index is -1.12. The molecule has 0 aliphatic heterocycles. The topological polar surface area (TPSA) is 66.8 Å². The van der Waals surface area contributed by atoms with Crippen LogP contribution in [0.4, 0.5) is 0 Å². The minimum Gasteiger partial charge on any atom is -0.469 e. The second-order valence-electron chi connectivity index (χ2n) is 3.28. The van der Waals surface area contributed by atoms with Gasteiger partial charge in [0.25, 0.3) is 0 Å². The lowest BCUT2D eigenvalue weighted by atomic mass is 10.1. The van der Waals surface area contributed by atoms with E-state index in [0.717, 1.165) is 4.88 Å². The number of aliphatic hydroxyl groups excluding tert-OH is 2. The van der Waals surface area contributed by atoms with E-state index in [1.54, 1.807) is 11.4 Å². The normalized spacial score (nSPS) is 14.7. The van der Waals surface area contributed by atoms with Crippen molar-refractivity contribution in [3.05, 3.63) is 21.9 Å². The molecular formula is C10H14O4S. The van der Waals surface area contributed by atoms with Crippen molar-refractivity contribution in [1.29, 1.82) is 0 Å². The standard InChI is InChI=1S/C10H14O4S/c1-6-3-7(5-15-6)10(13)8(11)4-9(12)14-2/h3,5,8,10-11,13H,4H2,1-2H3. The van der Waals surface area contributed by atoms with E-state index in [4.69, 9.17) is 0 Å². The highest BCUT2D eigenvalue weighted by atomic mass is 32.1. The van der Waals surface area contributed by atoms with E-state index in [1.165, 1.54) is 18.4 Å². The summed E-state index contributed by atoms with van der Waals surface area (Å²) in [5, 5.41) is 21.0. The molecule has 4 nitrogen and oxygen atoms in total. The van der Waals surface area contributed by atoms with Crippen molar-refractivity contribution in [2.24, 2.45) is 0 Å². The van der Waals surface area contributed by atoms with Gasteiger partial charge in [0, 0.05) is 4.88 Å². The predicted octanol–water partition coefficient (Wildman–Crippen LogP) is 1.01. The lowest BCUT2D eigenvalue weighted by molar-refractivity contribution is -0.144. The highest BCUT2D eigenvalue weighted by molar-refractivity contribution is 7.10. The van der Waals surface area contributed by atoms with Crippen molar-refractivity contribution in [2.75, 3.05) is 7.11 Å². The van der Waals surface area contributed by atoms with Gasteiger partial charge in [0.2, 0.25) is 0 Å². The van der Waals surface area contributed by atoms with Crippen LogP contribution in [0.2, 0.25) is 0 Å². The molecule has 2 N–H and O–H groups in total. The zero-order valence-electron chi connectivity index (χ0n) is 8.64. The van der Waals surface area contributed by atoms with Crippen LogP contribution in [-0.4, -0.2) is 29.4 Å². The quantitative estimate of drug-likeness (QED) is 0.758. The Bertz CT molecular complexity index is 334. The monoisotopic (exact) mass is 230 g/mol. The summed E-state index contributed by atoms with van der Waals surface area (Å²) in [6.45, 7) is 1.91. The van der Waals surface area contributed by atoms with Crippen molar-refractivity contribution < 1.29 is 19.7 Å². The van der Waals surface area contributed by atoms with Gasteiger partial charge in [0.15, 0.2) is 0 Å². The van der Waals surface area contributed by atoms with Gasteiger partial charge in [0.1, 0.15) is 6.10 Å². The van der Waals surface area contributed by atoms with E-state index in [0.29, 0.717) is 5.56 Å². The molecule has 0 saturated carbocycles. The largest absolute Gasteiger partial charge is 0.469 e. The number of hydrogen-bond acceptors (Lipinski definition) is 5. The second kappa shape index (κ2) is 5.25. The van der Waals surface area contributed by atoms with Gasteiger partial charge in [-0.3, -0.25) is 4.79 Å². The maximum atomic E-state index is 10.9.